The monoisotopic (exact) mass is 261 g/mol. The smallest absolute Gasteiger partial charge is 0.309 e. The summed E-state index contributed by atoms with van der Waals surface area (Å²) in [6.07, 6.45) is 1.61. The molecule has 0 aromatic heterocycles. The van der Waals surface area contributed by atoms with Crippen LogP contribution in [0.15, 0.2) is 24.3 Å². The standard InChI is InChI=1S/C15H19NO3/c1-10-3-6-13(7-4-10)16-14(17)8-5-12-9-11(2)19-15(12)18/h3-4,6-7,11-12H,5,8-9H2,1-2H3,(H,16,17). The molecule has 2 rings (SSSR count). The number of ether oxygens (including phenoxy) is 1. The first-order valence-electron chi connectivity index (χ1n) is 6.61. The summed E-state index contributed by atoms with van der Waals surface area (Å²) >= 11 is 0. The fourth-order valence-corrected chi connectivity index (χ4v) is 2.24. The van der Waals surface area contributed by atoms with E-state index in [1.54, 1.807) is 0 Å². The van der Waals surface area contributed by atoms with Crippen LogP contribution in [0.2, 0.25) is 0 Å². The molecule has 0 radical (unpaired) electrons. The van der Waals surface area contributed by atoms with E-state index in [0.29, 0.717) is 12.8 Å². The molecule has 1 aliphatic rings. The lowest BCUT2D eigenvalue weighted by atomic mass is 9.99. The second-order valence-corrected chi connectivity index (χ2v) is 5.13. The third-order valence-corrected chi connectivity index (χ3v) is 3.32. The Morgan fingerprint density at radius 2 is 2.05 bits per heavy atom. The van der Waals surface area contributed by atoms with E-state index in [1.165, 1.54) is 0 Å². The maximum atomic E-state index is 11.8. The Labute approximate surface area is 113 Å². The van der Waals surface area contributed by atoms with Gasteiger partial charge in [-0.15, -0.1) is 0 Å². The third kappa shape index (κ3) is 3.81. The number of esters is 1. The van der Waals surface area contributed by atoms with Crippen LogP contribution in [-0.2, 0) is 14.3 Å². The number of rotatable bonds is 4. The van der Waals surface area contributed by atoms with Crippen LogP contribution in [0.1, 0.15) is 31.7 Å². The fraction of sp³-hybridized carbons (Fsp3) is 0.467. The van der Waals surface area contributed by atoms with Crippen molar-refractivity contribution in [2.75, 3.05) is 5.32 Å². The first kappa shape index (κ1) is 13.6. The van der Waals surface area contributed by atoms with Crippen LogP contribution in [0.25, 0.3) is 0 Å². The molecule has 1 N–H and O–H groups in total. The minimum absolute atomic E-state index is 0.0161. The van der Waals surface area contributed by atoms with Crippen LogP contribution in [0.3, 0.4) is 0 Å². The molecular formula is C15H19NO3. The molecule has 1 fully saturated rings. The molecule has 0 saturated carbocycles. The number of benzene rings is 1. The molecule has 4 heteroatoms. The predicted molar refractivity (Wildman–Crippen MR) is 72.7 cm³/mol. The Bertz CT molecular complexity index is 467. The predicted octanol–water partition coefficient (Wildman–Crippen LogP) is 2.67. The topological polar surface area (TPSA) is 55.4 Å². The Morgan fingerprint density at radius 1 is 1.37 bits per heavy atom. The van der Waals surface area contributed by atoms with Crippen molar-refractivity contribution < 1.29 is 14.3 Å². The molecule has 2 unspecified atom stereocenters. The SMILES string of the molecule is Cc1ccc(NC(=O)CCC2CC(C)OC2=O)cc1. The van der Waals surface area contributed by atoms with Crippen molar-refractivity contribution in [3.05, 3.63) is 29.8 Å². The Kier molecular flexibility index (Phi) is 4.20. The number of aryl methyl sites for hydroxylation is 1. The fourth-order valence-electron chi connectivity index (χ4n) is 2.24. The van der Waals surface area contributed by atoms with E-state index >= 15 is 0 Å². The summed E-state index contributed by atoms with van der Waals surface area (Å²) in [5.74, 6) is -0.356. The van der Waals surface area contributed by atoms with E-state index in [9.17, 15) is 9.59 Å². The number of anilines is 1. The van der Waals surface area contributed by atoms with E-state index < -0.39 is 0 Å². The minimum atomic E-state index is -0.171. The van der Waals surface area contributed by atoms with Gasteiger partial charge >= 0.3 is 5.97 Å². The molecule has 19 heavy (non-hydrogen) atoms. The normalized spacial score (nSPS) is 22.1. The highest BCUT2D eigenvalue weighted by molar-refractivity contribution is 5.91. The summed E-state index contributed by atoms with van der Waals surface area (Å²) in [5.41, 5.74) is 1.94. The second-order valence-electron chi connectivity index (χ2n) is 5.13. The van der Waals surface area contributed by atoms with Gasteiger partial charge in [0.2, 0.25) is 5.91 Å². The van der Waals surface area contributed by atoms with Gasteiger partial charge in [0.15, 0.2) is 0 Å². The average molecular weight is 261 g/mol. The van der Waals surface area contributed by atoms with Gasteiger partial charge in [0, 0.05) is 12.1 Å². The number of nitrogens with one attached hydrogen (secondary N) is 1. The average Bonchev–Trinajstić information content (AvgIpc) is 2.68. The van der Waals surface area contributed by atoms with Crippen molar-refractivity contribution in [3.8, 4) is 0 Å². The van der Waals surface area contributed by atoms with Crippen molar-refractivity contribution in [2.24, 2.45) is 5.92 Å². The minimum Gasteiger partial charge on any atom is -0.462 e. The third-order valence-electron chi connectivity index (χ3n) is 3.32. The number of hydrogen-bond acceptors (Lipinski definition) is 3. The summed E-state index contributed by atoms with van der Waals surface area (Å²) in [7, 11) is 0. The lowest BCUT2D eigenvalue weighted by Crippen LogP contribution is -2.15. The summed E-state index contributed by atoms with van der Waals surface area (Å²) in [6.45, 7) is 3.88. The lowest BCUT2D eigenvalue weighted by Gasteiger charge is -2.07. The van der Waals surface area contributed by atoms with E-state index in [0.717, 1.165) is 17.7 Å². The molecule has 1 amide bonds. The maximum absolute atomic E-state index is 11.8. The van der Waals surface area contributed by atoms with Crippen LogP contribution < -0.4 is 5.32 Å². The van der Waals surface area contributed by atoms with Crippen molar-refractivity contribution in [1.29, 1.82) is 0 Å². The Morgan fingerprint density at radius 3 is 2.63 bits per heavy atom. The van der Waals surface area contributed by atoms with E-state index in [4.69, 9.17) is 4.74 Å². The van der Waals surface area contributed by atoms with Crippen molar-refractivity contribution >= 4 is 17.6 Å². The molecule has 1 aromatic rings. The Hall–Kier alpha value is -1.84. The van der Waals surface area contributed by atoms with Crippen molar-refractivity contribution in [1.82, 2.24) is 0 Å². The van der Waals surface area contributed by atoms with E-state index in [2.05, 4.69) is 5.32 Å². The van der Waals surface area contributed by atoms with Gasteiger partial charge in [-0.3, -0.25) is 9.59 Å². The van der Waals surface area contributed by atoms with Gasteiger partial charge in [0.1, 0.15) is 0 Å². The summed E-state index contributed by atoms with van der Waals surface area (Å²) < 4.78 is 5.07. The summed E-state index contributed by atoms with van der Waals surface area (Å²) in [5, 5.41) is 2.83. The highest BCUT2D eigenvalue weighted by atomic mass is 16.5. The molecule has 4 nitrogen and oxygen atoms in total. The highest BCUT2D eigenvalue weighted by Gasteiger charge is 2.31. The van der Waals surface area contributed by atoms with E-state index in [1.807, 2.05) is 38.1 Å². The lowest BCUT2D eigenvalue weighted by molar-refractivity contribution is -0.143. The molecule has 1 aromatic carbocycles. The number of cyclic esters (lactones) is 1. The van der Waals surface area contributed by atoms with Crippen LogP contribution in [-0.4, -0.2) is 18.0 Å². The molecule has 1 saturated heterocycles. The van der Waals surface area contributed by atoms with Gasteiger partial charge in [0.25, 0.3) is 0 Å². The second kappa shape index (κ2) is 5.87. The van der Waals surface area contributed by atoms with Gasteiger partial charge in [-0.05, 0) is 38.8 Å². The first-order chi connectivity index (χ1) is 9.04. The molecule has 102 valence electrons. The maximum Gasteiger partial charge on any atom is 0.309 e. The van der Waals surface area contributed by atoms with Crippen LogP contribution in [0, 0.1) is 12.8 Å². The number of carbonyl (C=O) groups excluding carboxylic acids is 2. The number of hydrogen-bond donors (Lipinski definition) is 1. The molecule has 0 bridgehead atoms. The van der Waals surface area contributed by atoms with Crippen molar-refractivity contribution in [3.63, 3.8) is 0 Å². The zero-order chi connectivity index (χ0) is 13.8. The van der Waals surface area contributed by atoms with Crippen LogP contribution in [0.4, 0.5) is 5.69 Å². The molecular weight excluding hydrogens is 242 g/mol. The van der Waals surface area contributed by atoms with Crippen LogP contribution >= 0.6 is 0 Å². The van der Waals surface area contributed by atoms with Crippen LogP contribution in [0.5, 0.6) is 0 Å². The zero-order valence-corrected chi connectivity index (χ0v) is 11.3. The summed E-state index contributed by atoms with van der Waals surface area (Å²) in [6, 6.07) is 7.65. The van der Waals surface area contributed by atoms with Gasteiger partial charge in [-0.1, -0.05) is 17.7 Å². The number of carbonyl (C=O) groups is 2. The highest BCUT2D eigenvalue weighted by Crippen LogP contribution is 2.25. The molecule has 1 heterocycles. The zero-order valence-electron chi connectivity index (χ0n) is 11.3. The molecule has 0 aliphatic carbocycles. The number of amides is 1. The van der Waals surface area contributed by atoms with Gasteiger partial charge in [-0.2, -0.15) is 0 Å². The molecule has 1 aliphatic heterocycles. The van der Waals surface area contributed by atoms with Gasteiger partial charge in [0.05, 0.1) is 12.0 Å². The van der Waals surface area contributed by atoms with Gasteiger partial charge in [-0.25, -0.2) is 0 Å². The van der Waals surface area contributed by atoms with Crippen molar-refractivity contribution in [2.45, 2.75) is 39.2 Å². The quantitative estimate of drug-likeness (QED) is 0.848. The Balaban J connectivity index is 1.79. The van der Waals surface area contributed by atoms with Gasteiger partial charge < -0.3 is 10.1 Å². The summed E-state index contributed by atoms with van der Waals surface area (Å²) in [4.78, 5) is 23.2. The molecule has 2 atom stereocenters. The molecule has 0 spiro atoms. The first-order valence-corrected chi connectivity index (χ1v) is 6.61. The largest absolute Gasteiger partial charge is 0.462 e. The van der Waals surface area contributed by atoms with E-state index in [-0.39, 0.29) is 23.9 Å².